The average Bonchev–Trinajstić information content (AvgIpc) is 3.18. The van der Waals surface area contributed by atoms with E-state index in [0.29, 0.717) is 12.0 Å². The van der Waals surface area contributed by atoms with Gasteiger partial charge < -0.3 is 14.8 Å². The lowest BCUT2D eigenvalue weighted by atomic mass is 9.85. The third-order valence-corrected chi connectivity index (χ3v) is 6.81. The van der Waals surface area contributed by atoms with Crippen molar-refractivity contribution >= 4 is 28.4 Å². The third-order valence-electron chi connectivity index (χ3n) is 6.81. The number of aromatic amines is 1. The van der Waals surface area contributed by atoms with E-state index in [9.17, 15) is 19.7 Å². The molecule has 0 unspecified atom stereocenters. The monoisotopic (exact) mass is 432 g/mol. The molecule has 164 valence electrons. The van der Waals surface area contributed by atoms with Gasteiger partial charge in [0.1, 0.15) is 12.6 Å². The maximum atomic E-state index is 13.5. The first-order chi connectivity index (χ1) is 15.4. The van der Waals surface area contributed by atoms with E-state index in [0.717, 1.165) is 28.6 Å². The van der Waals surface area contributed by atoms with Gasteiger partial charge in [-0.15, -0.1) is 0 Å². The van der Waals surface area contributed by atoms with Crippen LogP contribution in [-0.4, -0.2) is 50.1 Å². The van der Waals surface area contributed by atoms with Gasteiger partial charge in [0.05, 0.1) is 11.0 Å². The molecule has 8 nitrogen and oxygen atoms in total. The van der Waals surface area contributed by atoms with Crippen LogP contribution in [0.5, 0.6) is 0 Å². The fraction of sp³-hybridized carbons (Fsp3) is 0.333. The van der Waals surface area contributed by atoms with Crippen LogP contribution in [0, 0.1) is 10.1 Å². The molecule has 5 rings (SSSR count). The summed E-state index contributed by atoms with van der Waals surface area (Å²) in [5, 5.41) is 12.4. The Morgan fingerprint density at radius 2 is 1.97 bits per heavy atom. The Morgan fingerprint density at radius 1 is 1.19 bits per heavy atom. The van der Waals surface area contributed by atoms with Gasteiger partial charge in [-0.05, 0) is 30.5 Å². The fourth-order valence-corrected chi connectivity index (χ4v) is 5.03. The van der Waals surface area contributed by atoms with Gasteiger partial charge in [0.2, 0.25) is 11.8 Å². The summed E-state index contributed by atoms with van der Waals surface area (Å²) in [4.78, 5) is 44.7. The number of para-hydroxylation sites is 1. The molecule has 1 N–H and O–H groups in total. The van der Waals surface area contributed by atoms with Crippen molar-refractivity contribution in [3.63, 3.8) is 0 Å². The Morgan fingerprint density at radius 3 is 2.72 bits per heavy atom. The summed E-state index contributed by atoms with van der Waals surface area (Å²) in [5.74, 6) is -0.207. The van der Waals surface area contributed by atoms with Crippen LogP contribution in [0.2, 0.25) is 0 Å². The third kappa shape index (κ3) is 2.97. The Balaban J connectivity index is 1.71. The van der Waals surface area contributed by atoms with Crippen molar-refractivity contribution in [3.05, 3.63) is 75.5 Å². The predicted octanol–water partition coefficient (Wildman–Crippen LogP) is 3.56. The van der Waals surface area contributed by atoms with E-state index in [1.165, 1.54) is 12.1 Å². The van der Waals surface area contributed by atoms with Gasteiger partial charge >= 0.3 is 0 Å². The molecule has 3 heterocycles. The van der Waals surface area contributed by atoms with Gasteiger partial charge in [0, 0.05) is 41.2 Å². The van der Waals surface area contributed by atoms with E-state index in [1.54, 1.807) is 21.9 Å². The van der Waals surface area contributed by atoms with E-state index in [4.69, 9.17) is 0 Å². The number of amides is 2. The van der Waals surface area contributed by atoms with Crippen LogP contribution in [-0.2, 0) is 16.0 Å². The van der Waals surface area contributed by atoms with Gasteiger partial charge in [0.25, 0.3) is 5.69 Å². The molecule has 3 aromatic rings. The average molecular weight is 432 g/mol. The van der Waals surface area contributed by atoms with Crippen molar-refractivity contribution < 1.29 is 14.5 Å². The molecule has 0 saturated carbocycles. The van der Waals surface area contributed by atoms with Gasteiger partial charge in [0.15, 0.2) is 0 Å². The highest BCUT2D eigenvalue weighted by molar-refractivity contribution is 5.97. The second-order valence-electron chi connectivity index (χ2n) is 8.56. The number of benzene rings is 2. The lowest BCUT2D eigenvalue weighted by Crippen LogP contribution is -2.64. The number of carbonyl (C=O) groups excluding carboxylic acids is 2. The van der Waals surface area contributed by atoms with Crippen LogP contribution in [0.25, 0.3) is 10.9 Å². The molecule has 0 bridgehead atoms. The predicted molar refractivity (Wildman–Crippen MR) is 119 cm³/mol. The van der Waals surface area contributed by atoms with Crippen molar-refractivity contribution in [3.8, 4) is 0 Å². The van der Waals surface area contributed by atoms with E-state index in [-0.39, 0.29) is 30.1 Å². The minimum atomic E-state index is -0.638. The molecule has 1 saturated heterocycles. The highest BCUT2D eigenvalue weighted by Gasteiger charge is 2.49. The molecule has 0 radical (unpaired) electrons. The van der Waals surface area contributed by atoms with Crippen molar-refractivity contribution in [1.82, 2.24) is 14.8 Å². The molecule has 32 heavy (non-hydrogen) atoms. The van der Waals surface area contributed by atoms with Crippen molar-refractivity contribution in [1.29, 1.82) is 0 Å². The second kappa shape index (κ2) is 7.47. The van der Waals surface area contributed by atoms with Gasteiger partial charge in [-0.3, -0.25) is 19.7 Å². The maximum Gasteiger partial charge on any atom is 0.269 e. The number of H-pyrrole nitrogens is 1. The number of nitro benzene ring substituents is 1. The summed E-state index contributed by atoms with van der Waals surface area (Å²) in [5.41, 5.74) is 3.31. The van der Waals surface area contributed by atoms with E-state index >= 15 is 0 Å². The normalized spacial score (nSPS) is 21.4. The molecular weight excluding hydrogens is 408 g/mol. The number of carbonyl (C=O) groups is 2. The van der Waals surface area contributed by atoms with Gasteiger partial charge in [-0.2, -0.15) is 0 Å². The number of fused-ring (bicyclic) bond motifs is 4. The summed E-state index contributed by atoms with van der Waals surface area (Å²) in [7, 11) is 0. The number of nitrogens with one attached hydrogen (secondary N) is 1. The number of non-ortho nitro benzene ring substituents is 1. The highest BCUT2D eigenvalue weighted by atomic mass is 16.6. The van der Waals surface area contributed by atoms with Crippen molar-refractivity contribution in [2.75, 3.05) is 6.54 Å². The number of nitrogens with zero attached hydrogens (tertiary/aromatic N) is 3. The summed E-state index contributed by atoms with van der Waals surface area (Å²) < 4.78 is 0. The quantitative estimate of drug-likeness (QED) is 0.503. The zero-order valence-electron chi connectivity index (χ0n) is 17.9. The summed E-state index contributed by atoms with van der Waals surface area (Å²) in [6, 6.07) is 12.9. The number of aromatic nitrogens is 1. The molecule has 1 fully saturated rings. The van der Waals surface area contributed by atoms with E-state index in [2.05, 4.69) is 4.98 Å². The van der Waals surface area contributed by atoms with E-state index in [1.807, 2.05) is 38.1 Å². The first-order valence-electron chi connectivity index (χ1n) is 10.9. The second-order valence-corrected chi connectivity index (χ2v) is 8.56. The molecule has 2 aliphatic rings. The van der Waals surface area contributed by atoms with Crippen LogP contribution in [0.1, 0.15) is 43.1 Å². The largest absolute Gasteiger partial charge is 0.356 e. The number of rotatable bonds is 4. The van der Waals surface area contributed by atoms with Crippen LogP contribution >= 0.6 is 0 Å². The summed E-state index contributed by atoms with van der Waals surface area (Å²) in [6.45, 7) is 3.98. The molecule has 2 amide bonds. The maximum absolute atomic E-state index is 13.5. The topological polar surface area (TPSA) is 99.5 Å². The zero-order valence-corrected chi connectivity index (χ0v) is 17.9. The molecule has 2 aliphatic heterocycles. The highest BCUT2D eigenvalue weighted by Crippen LogP contribution is 2.43. The van der Waals surface area contributed by atoms with Crippen molar-refractivity contribution in [2.24, 2.45) is 0 Å². The summed E-state index contributed by atoms with van der Waals surface area (Å²) >= 11 is 0. The van der Waals surface area contributed by atoms with Crippen LogP contribution in [0.15, 0.2) is 48.5 Å². The van der Waals surface area contributed by atoms with Crippen molar-refractivity contribution in [2.45, 2.75) is 44.8 Å². The fourth-order valence-electron chi connectivity index (χ4n) is 5.03. The molecule has 1 aromatic heterocycles. The van der Waals surface area contributed by atoms with Crippen LogP contribution < -0.4 is 0 Å². The smallest absolute Gasteiger partial charge is 0.269 e. The van der Waals surface area contributed by atoms with Gasteiger partial charge in [-0.1, -0.05) is 37.3 Å². The standard InChI is InChI=1S/C24H24N4O4/c1-3-14(2)26-13-21(29)27-20(24(26)30)12-18-17-9-4-5-10-19(17)25-22(18)23(27)15-7-6-8-16(11-15)28(31)32/h4-11,14,20,23,25H,3,12-13H2,1-2H3/t14-,20+,23+/m0/s1. The number of hydrogen-bond acceptors (Lipinski definition) is 4. The Hall–Kier alpha value is -3.68. The molecule has 3 atom stereocenters. The Kier molecular flexibility index (Phi) is 4.73. The molecule has 0 aliphatic carbocycles. The minimum absolute atomic E-state index is 0.0192. The molecule has 2 aromatic carbocycles. The zero-order chi connectivity index (χ0) is 22.6. The lowest BCUT2D eigenvalue weighted by Gasteiger charge is -2.48. The summed E-state index contributed by atoms with van der Waals surface area (Å²) in [6.07, 6.45) is 1.18. The van der Waals surface area contributed by atoms with Crippen LogP contribution in [0.3, 0.4) is 0 Å². The first-order valence-corrected chi connectivity index (χ1v) is 10.9. The SMILES string of the molecule is CC[C@H](C)N1CC(=O)N2[C@H](c3cccc([N+](=O)[O-])c3)c3[nH]c4ccccc4c3C[C@@H]2C1=O. The van der Waals surface area contributed by atoms with Crippen LogP contribution in [0.4, 0.5) is 5.69 Å². The number of nitro groups is 1. The van der Waals surface area contributed by atoms with Gasteiger partial charge in [-0.25, -0.2) is 0 Å². The lowest BCUT2D eigenvalue weighted by molar-refractivity contribution is -0.384. The Labute approximate surface area is 185 Å². The molecule has 0 spiro atoms. The first kappa shape index (κ1) is 20.2. The van der Waals surface area contributed by atoms with E-state index < -0.39 is 17.0 Å². The molecular formula is C24H24N4O4. The number of piperazine rings is 1. The Bertz CT molecular complexity index is 1250. The minimum Gasteiger partial charge on any atom is -0.356 e. The number of hydrogen-bond donors (Lipinski definition) is 1. The molecule has 8 heteroatoms.